The first kappa shape index (κ1) is 18.8. The fourth-order valence-electron chi connectivity index (χ4n) is 8.91. The fraction of sp³-hybridized carbons (Fsp3) is 0.731. The zero-order valence-corrected chi connectivity index (χ0v) is 18.4. The van der Waals surface area contributed by atoms with Crippen molar-refractivity contribution in [2.75, 3.05) is 11.4 Å². The number of benzene rings is 1. The smallest absolute Gasteiger partial charge is 0.318 e. The van der Waals surface area contributed by atoms with Crippen LogP contribution in [0.5, 0.6) is 0 Å². The maximum absolute atomic E-state index is 13.5. The van der Waals surface area contributed by atoms with E-state index in [2.05, 4.69) is 39.4 Å². The molecule has 31 heavy (non-hydrogen) atoms. The number of piperidine rings is 1. The zero-order chi connectivity index (χ0) is 20.7. The van der Waals surface area contributed by atoms with Crippen LogP contribution >= 0.6 is 0 Å². The van der Waals surface area contributed by atoms with Gasteiger partial charge >= 0.3 is 6.03 Å². The summed E-state index contributed by atoms with van der Waals surface area (Å²) in [5.74, 6) is 1.65. The van der Waals surface area contributed by atoms with Gasteiger partial charge in [0.25, 0.3) is 0 Å². The molecule has 2 unspecified atom stereocenters. The van der Waals surface area contributed by atoms with Gasteiger partial charge in [-0.25, -0.2) is 4.79 Å². The van der Waals surface area contributed by atoms with Crippen LogP contribution in [0.2, 0.25) is 0 Å². The molecule has 166 valence electrons. The molecule has 5 nitrogen and oxygen atoms in total. The number of hydrogen-bond acceptors (Lipinski definition) is 3. The second-order valence-electron chi connectivity index (χ2n) is 11.7. The minimum atomic E-state index is -0.429. The monoisotopic (exact) mass is 421 g/mol. The van der Waals surface area contributed by atoms with E-state index in [9.17, 15) is 9.90 Å². The number of anilines is 1. The molecule has 6 fully saturated rings. The average Bonchev–Trinajstić information content (AvgIpc) is 3.28. The Morgan fingerprint density at radius 2 is 1.68 bits per heavy atom. The predicted molar refractivity (Wildman–Crippen MR) is 120 cm³/mol. The van der Waals surface area contributed by atoms with Crippen LogP contribution in [-0.2, 0) is 6.42 Å². The maximum Gasteiger partial charge on any atom is 0.318 e. The second-order valence-corrected chi connectivity index (χ2v) is 11.7. The minimum Gasteiger partial charge on any atom is -0.390 e. The summed E-state index contributed by atoms with van der Waals surface area (Å²) in [6, 6.07) is 10.7. The lowest BCUT2D eigenvalue weighted by Crippen LogP contribution is -2.64. The van der Waals surface area contributed by atoms with E-state index in [1.165, 1.54) is 24.1 Å². The molecule has 6 bridgehead atoms. The number of carbonyl (C=O) groups excluding carboxylic acids is 1. The molecule has 0 aromatic heterocycles. The summed E-state index contributed by atoms with van der Waals surface area (Å²) in [5, 5.41) is 14.4. The van der Waals surface area contributed by atoms with Crippen molar-refractivity contribution in [3.8, 4) is 0 Å². The van der Waals surface area contributed by atoms with Crippen LogP contribution in [0.15, 0.2) is 24.3 Å². The SMILES string of the molecule is O=C(N[C@H]1C2CC3CC1C[C@](O)(C3)C2)N1[C@@H]2CC[C@H]1C[C@@H](N1CCc3ccccc31)C2. The van der Waals surface area contributed by atoms with E-state index >= 15 is 0 Å². The Morgan fingerprint density at radius 1 is 0.968 bits per heavy atom. The molecule has 3 aliphatic heterocycles. The molecule has 2 amide bonds. The molecule has 4 aliphatic carbocycles. The Morgan fingerprint density at radius 3 is 2.39 bits per heavy atom. The number of nitrogens with one attached hydrogen (secondary N) is 1. The van der Waals surface area contributed by atoms with Gasteiger partial charge in [0, 0.05) is 36.4 Å². The highest BCUT2D eigenvalue weighted by molar-refractivity contribution is 5.76. The summed E-state index contributed by atoms with van der Waals surface area (Å²) in [7, 11) is 0. The van der Waals surface area contributed by atoms with Crippen molar-refractivity contribution in [2.45, 2.75) is 94.0 Å². The van der Waals surface area contributed by atoms with E-state index in [-0.39, 0.29) is 12.1 Å². The zero-order valence-electron chi connectivity index (χ0n) is 18.4. The molecule has 8 rings (SSSR count). The van der Waals surface area contributed by atoms with Crippen molar-refractivity contribution >= 4 is 11.7 Å². The molecule has 4 saturated carbocycles. The van der Waals surface area contributed by atoms with Gasteiger partial charge in [-0.05, 0) is 93.6 Å². The van der Waals surface area contributed by atoms with Gasteiger partial charge in [-0.15, -0.1) is 0 Å². The van der Waals surface area contributed by atoms with Crippen LogP contribution in [0, 0.1) is 17.8 Å². The average molecular weight is 422 g/mol. The third-order valence-corrected chi connectivity index (χ3v) is 9.84. The molecular weight excluding hydrogens is 386 g/mol. The molecular formula is C26H35N3O2. The first-order chi connectivity index (χ1) is 15.1. The normalized spacial score (nSPS) is 44.6. The quantitative estimate of drug-likeness (QED) is 0.766. The van der Waals surface area contributed by atoms with Gasteiger partial charge in [-0.1, -0.05) is 18.2 Å². The third-order valence-electron chi connectivity index (χ3n) is 9.84. The Kier molecular flexibility index (Phi) is 4.02. The molecule has 0 radical (unpaired) electrons. The highest BCUT2D eigenvalue weighted by Crippen LogP contribution is 2.55. The number of hydrogen-bond donors (Lipinski definition) is 2. The number of urea groups is 1. The summed E-state index contributed by atoms with van der Waals surface area (Å²) in [5.41, 5.74) is 2.48. The summed E-state index contributed by atoms with van der Waals surface area (Å²) in [4.78, 5) is 18.4. The Bertz CT molecular complexity index is 872. The van der Waals surface area contributed by atoms with Gasteiger partial charge in [0.2, 0.25) is 0 Å². The summed E-state index contributed by atoms with van der Waals surface area (Å²) in [6.07, 6.45) is 10.9. The molecule has 3 heterocycles. The van der Waals surface area contributed by atoms with E-state index in [4.69, 9.17) is 0 Å². The van der Waals surface area contributed by atoms with E-state index < -0.39 is 5.60 Å². The van der Waals surface area contributed by atoms with Gasteiger partial charge in [0.05, 0.1) is 5.60 Å². The molecule has 2 N–H and O–H groups in total. The number of aliphatic hydroxyl groups is 1. The number of fused-ring (bicyclic) bond motifs is 3. The van der Waals surface area contributed by atoms with Crippen molar-refractivity contribution in [1.82, 2.24) is 10.2 Å². The standard InChI is InChI=1S/C26H35N3O2/c30-25(27-24-18-9-16-10-19(24)15-26(31,13-16)14-18)29-20-5-6-21(29)12-22(11-20)28-8-7-17-3-1-2-4-23(17)28/h1-4,16,18-22,24,31H,5-15H2,(H,27,30)/t16?,18?,19?,20-,21+,22+,24-,26-. The Labute approximate surface area is 185 Å². The van der Waals surface area contributed by atoms with Crippen molar-refractivity contribution < 1.29 is 9.90 Å². The predicted octanol–water partition coefficient (Wildman–Crippen LogP) is 3.69. The Balaban J connectivity index is 1.05. The van der Waals surface area contributed by atoms with Gasteiger partial charge in [0.1, 0.15) is 0 Å². The van der Waals surface area contributed by atoms with Gasteiger partial charge in [0.15, 0.2) is 0 Å². The lowest BCUT2D eigenvalue weighted by molar-refractivity contribution is -0.137. The van der Waals surface area contributed by atoms with E-state index in [0.717, 1.165) is 57.9 Å². The van der Waals surface area contributed by atoms with Crippen molar-refractivity contribution in [1.29, 1.82) is 0 Å². The van der Waals surface area contributed by atoms with Crippen molar-refractivity contribution in [2.24, 2.45) is 17.8 Å². The maximum atomic E-state index is 13.5. The highest BCUT2D eigenvalue weighted by Gasteiger charge is 2.56. The molecule has 5 heteroatoms. The van der Waals surface area contributed by atoms with Gasteiger partial charge in [-0.3, -0.25) is 0 Å². The highest BCUT2D eigenvalue weighted by atomic mass is 16.3. The van der Waals surface area contributed by atoms with Crippen LogP contribution in [0.1, 0.15) is 63.4 Å². The lowest BCUT2D eigenvalue weighted by Gasteiger charge is -2.58. The van der Waals surface area contributed by atoms with Crippen molar-refractivity contribution in [3.63, 3.8) is 0 Å². The van der Waals surface area contributed by atoms with Crippen molar-refractivity contribution in [3.05, 3.63) is 29.8 Å². The molecule has 2 saturated heterocycles. The van der Waals surface area contributed by atoms with Crippen LogP contribution in [-0.4, -0.2) is 52.4 Å². The van der Waals surface area contributed by atoms with Crippen LogP contribution in [0.4, 0.5) is 10.5 Å². The largest absolute Gasteiger partial charge is 0.390 e. The van der Waals surface area contributed by atoms with Crippen LogP contribution in [0.25, 0.3) is 0 Å². The molecule has 1 aromatic carbocycles. The van der Waals surface area contributed by atoms with Gasteiger partial charge < -0.3 is 20.2 Å². The number of rotatable bonds is 2. The Hall–Kier alpha value is -1.75. The third kappa shape index (κ3) is 2.88. The summed E-state index contributed by atoms with van der Waals surface area (Å²) in [6.45, 7) is 1.13. The van der Waals surface area contributed by atoms with E-state index in [0.29, 0.717) is 35.9 Å². The summed E-state index contributed by atoms with van der Waals surface area (Å²) >= 11 is 0. The second kappa shape index (κ2) is 6.63. The number of nitrogens with zero attached hydrogens (tertiary/aromatic N) is 2. The first-order valence-electron chi connectivity index (χ1n) is 12.7. The molecule has 0 spiro atoms. The molecule has 7 aliphatic rings. The minimum absolute atomic E-state index is 0.192. The van der Waals surface area contributed by atoms with E-state index in [1.54, 1.807) is 0 Å². The topological polar surface area (TPSA) is 55.8 Å². The molecule has 5 atom stereocenters. The van der Waals surface area contributed by atoms with Crippen LogP contribution in [0.3, 0.4) is 0 Å². The van der Waals surface area contributed by atoms with Gasteiger partial charge in [-0.2, -0.15) is 0 Å². The first-order valence-corrected chi connectivity index (χ1v) is 12.7. The number of para-hydroxylation sites is 1. The number of carbonyl (C=O) groups is 1. The number of amides is 2. The molecule has 1 aromatic rings. The fourth-order valence-corrected chi connectivity index (χ4v) is 8.91. The lowest BCUT2D eigenvalue weighted by atomic mass is 9.52. The van der Waals surface area contributed by atoms with Crippen LogP contribution < -0.4 is 10.2 Å². The van der Waals surface area contributed by atoms with E-state index in [1.807, 2.05) is 0 Å². The summed E-state index contributed by atoms with van der Waals surface area (Å²) < 4.78 is 0.